The minimum atomic E-state index is -0.605. The maximum atomic E-state index is 11.9. The van der Waals surface area contributed by atoms with Crippen LogP contribution in [0, 0.1) is 6.92 Å². The predicted octanol–water partition coefficient (Wildman–Crippen LogP) is 2.05. The van der Waals surface area contributed by atoms with E-state index in [1.165, 1.54) is 0 Å². The Kier molecular flexibility index (Phi) is 4.10. The van der Waals surface area contributed by atoms with Gasteiger partial charge in [0.1, 0.15) is 5.75 Å². The van der Waals surface area contributed by atoms with E-state index in [0.717, 1.165) is 24.0 Å². The molecule has 0 bridgehead atoms. The summed E-state index contributed by atoms with van der Waals surface area (Å²) in [5, 5.41) is 9.73. The van der Waals surface area contributed by atoms with E-state index in [2.05, 4.69) is 0 Å². The van der Waals surface area contributed by atoms with E-state index in [1.54, 1.807) is 11.8 Å². The average molecular weight is 263 g/mol. The first-order chi connectivity index (χ1) is 8.99. The zero-order valence-corrected chi connectivity index (χ0v) is 11.7. The van der Waals surface area contributed by atoms with Crippen LogP contribution in [-0.4, -0.2) is 35.6 Å². The number of hydrogen-bond acceptors (Lipinski definition) is 3. The number of carbonyl (C=O) groups is 1. The van der Waals surface area contributed by atoms with Crippen LogP contribution < -0.4 is 4.74 Å². The number of amides is 1. The Labute approximate surface area is 114 Å². The number of rotatable bonds is 5. The van der Waals surface area contributed by atoms with Gasteiger partial charge in [0.15, 0.2) is 6.61 Å². The van der Waals surface area contributed by atoms with E-state index >= 15 is 0 Å². The molecule has 1 N–H and O–H groups in total. The third kappa shape index (κ3) is 3.47. The Morgan fingerprint density at radius 2 is 2.21 bits per heavy atom. The summed E-state index contributed by atoms with van der Waals surface area (Å²) in [5.74, 6) is 0.567. The number of hydrogen-bond donors (Lipinski definition) is 1. The van der Waals surface area contributed by atoms with Gasteiger partial charge in [-0.3, -0.25) is 4.79 Å². The molecule has 1 aliphatic carbocycles. The van der Waals surface area contributed by atoms with Crippen LogP contribution in [0.4, 0.5) is 0 Å². The number of likely N-dealkylation sites (N-methyl/N-ethyl adjacent to an activating group) is 1. The number of nitrogens with zero attached hydrogens (tertiary/aromatic N) is 1. The SMILES string of the molecule is Cc1ccc(OCC(=O)N(C)C2CC2)c([C@@H](C)O)c1. The molecule has 1 aromatic rings. The highest BCUT2D eigenvalue weighted by molar-refractivity contribution is 5.78. The van der Waals surface area contributed by atoms with Gasteiger partial charge < -0.3 is 14.7 Å². The van der Waals surface area contributed by atoms with Crippen LogP contribution in [0.3, 0.4) is 0 Å². The normalized spacial score (nSPS) is 16.0. The van der Waals surface area contributed by atoms with Crippen LogP contribution in [0.5, 0.6) is 5.75 Å². The number of carbonyl (C=O) groups excluding carboxylic acids is 1. The van der Waals surface area contributed by atoms with Crippen molar-refractivity contribution in [1.29, 1.82) is 0 Å². The molecule has 1 atom stereocenters. The summed E-state index contributed by atoms with van der Waals surface area (Å²) in [4.78, 5) is 13.6. The smallest absolute Gasteiger partial charge is 0.260 e. The van der Waals surface area contributed by atoms with E-state index in [-0.39, 0.29) is 12.5 Å². The van der Waals surface area contributed by atoms with Crippen molar-refractivity contribution in [3.63, 3.8) is 0 Å². The highest BCUT2D eigenvalue weighted by atomic mass is 16.5. The fourth-order valence-corrected chi connectivity index (χ4v) is 2.03. The first kappa shape index (κ1) is 13.9. The molecular formula is C15H21NO3. The molecule has 19 heavy (non-hydrogen) atoms. The summed E-state index contributed by atoms with van der Waals surface area (Å²) in [6, 6.07) is 6.00. The standard InChI is InChI=1S/C15H21NO3/c1-10-4-7-14(13(8-10)11(2)17)19-9-15(18)16(3)12-5-6-12/h4,7-8,11-12,17H,5-6,9H2,1-3H3/t11-/m1/s1. The van der Waals surface area contributed by atoms with E-state index in [1.807, 2.05) is 32.2 Å². The van der Waals surface area contributed by atoms with Crippen LogP contribution >= 0.6 is 0 Å². The van der Waals surface area contributed by atoms with Crippen LogP contribution in [0.1, 0.15) is 37.0 Å². The summed E-state index contributed by atoms with van der Waals surface area (Å²) < 4.78 is 5.56. The van der Waals surface area contributed by atoms with Crippen molar-refractivity contribution in [3.05, 3.63) is 29.3 Å². The number of benzene rings is 1. The molecule has 0 radical (unpaired) electrons. The van der Waals surface area contributed by atoms with Crippen LogP contribution in [0.25, 0.3) is 0 Å². The van der Waals surface area contributed by atoms with Crippen molar-refractivity contribution in [2.45, 2.75) is 38.8 Å². The van der Waals surface area contributed by atoms with Crippen LogP contribution in [-0.2, 0) is 4.79 Å². The molecule has 1 saturated carbocycles. The minimum Gasteiger partial charge on any atom is -0.483 e. The summed E-state index contributed by atoms with van der Waals surface area (Å²) >= 11 is 0. The first-order valence-corrected chi connectivity index (χ1v) is 6.66. The lowest BCUT2D eigenvalue weighted by Gasteiger charge is -2.18. The molecule has 4 heteroatoms. The maximum Gasteiger partial charge on any atom is 0.260 e. The van der Waals surface area contributed by atoms with Gasteiger partial charge in [0.25, 0.3) is 5.91 Å². The van der Waals surface area contributed by atoms with Crippen molar-refractivity contribution in [2.24, 2.45) is 0 Å². The van der Waals surface area contributed by atoms with Gasteiger partial charge in [-0.05, 0) is 38.8 Å². The largest absolute Gasteiger partial charge is 0.483 e. The molecule has 0 aliphatic heterocycles. The van der Waals surface area contributed by atoms with Crippen LogP contribution in [0.15, 0.2) is 18.2 Å². The van der Waals surface area contributed by atoms with Gasteiger partial charge in [-0.15, -0.1) is 0 Å². The van der Waals surface area contributed by atoms with Crippen molar-refractivity contribution in [1.82, 2.24) is 4.90 Å². The van der Waals surface area contributed by atoms with Gasteiger partial charge in [0.2, 0.25) is 0 Å². The van der Waals surface area contributed by atoms with Gasteiger partial charge in [0, 0.05) is 18.7 Å². The van der Waals surface area contributed by atoms with E-state index in [0.29, 0.717) is 11.8 Å². The lowest BCUT2D eigenvalue weighted by molar-refractivity contribution is -0.132. The molecular weight excluding hydrogens is 242 g/mol. The van der Waals surface area contributed by atoms with Crippen molar-refractivity contribution >= 4 is 5.91 Å². The summed E-state index contributed by atoms with van der Waals surface area (Å²) in [6.07, 6.45) is 1.57. The zero-order chi connectivity index (χ0) is 14.0. The molecule has 4 nitrogen and oxygen atoms in total. The fraction of sp³-hybridized carbons (Fsp3) is 0.533. The molecule has 1 fully saturated rings. The van der Waals surface area contributed by atoms with Crippen LogP contribution in [0.2, 0.25) is 0 Å². The monoisotopic (exact) mass is 263 g/mol. The first-order valence-electron chi connectivity index (χ1n) is 6.66. The number of aliphatic hydroxyl groups excluding tert-OH is 1. The summed E-state index contributed by atoms with van der Waals surface area (Å²) in [7, 11) is 1.81. The number of aryl methyl sites for hydroxylation is 1. The molecule has 1 aliphatic rings. The number of aliphatic hydroxyl groups is 1. The van der Waals surface area contributed by atoms with Crippen molar-refractivity contribution in [2.75, 3.05) is 13.7 Å². The predicted molar refractivity (Wildman–Crippen MR) is 73.1 cm³/mol. The van der Waals surface area contributed by atoms with Gasteiger partial charge in [-0.25, -0.2) is 0 Å². The molecule has 104 valence electrons. The topological polar surface area (TPSA) is 49.8 Å². The van der Waals surface area contributed by atoms with Crippen molar-refractivity contribution < 1.29 is 14.6 Å². The Bertz CT molecular complexity index is 466. The third-order valence-corrected chi connectivity index (χ3v) is 3.45. The lowest BCUT2D eigenvalue weighted by atomic mass is 10.1. The second-order valence-corrected chi connectivity index (χ2v) is 5.24. The van der Waals surface area contributed by atoms with E-state index in [4.69, 9.17) is 4.74 Å². The average Bonchev–Trinajstić information content (AvgIpc) is 3.20. The third-order valence-electron chi connectivity index (χ3n) is 3.45. The highest BCUT2D eigenvalue weighted by Crippen LogP contribution is 2.27. The Balaban J connectivity index is 2.00. The lowest BCUT2D eigenvalue weighted by Crippen LogP contribution is -2.33. The van der Waals surface area contributed by atoms with Gasteiger partial charge >= 0.3 is 0 Å². The molecule has 1 aromatic carbocycles. The molecule has 2 rings (SSSR count). The zero-order valence-electron chi connectivity index (χ0n) is 11.7. The maximum absolute atomic E-state index is 11.9. The molecule has 0 saturated heterocycles. The van der Waals surface area contributed by atoms with Gasteiger partial charge in [0.05, 0.1) is 6.10 Å². The second-order valence-electron chi connectivity index (χ2n) is 5.24. The molecule has 0 unspecified atom stereocenters. The molecule has 0 spiro atoms. The van der Waals surface area contributed by atoms with Crippen molar-refractivity contribution in [3.8, 4) is 5.75 Å². The van der Waals surface area contributed by atoms with E-state index in [9.17, 15) is 9.90 Å². The number of ether oxygens (including phenoxy) is 1. The Morgan fingerprint density at radius 3 is 2.79 bits per heavy atom. The molecule has 1 amide bonds. The fourth-order valence-electron chi connectivity index (χ4n) is 2.03. The Morgan fingerprint density at radius 1 is 1.53 bits per heavy atom. The highest BCUT2D eigenvalue weighted by Gasteiger charge is 2.29. The Hall–Kier alpha value is -1.55. The van der Waals surface area contributed by atoms with E-state index < -0.39 is 6.10 Å². The van der Waals surface area contributed by atoms with Gasteiger partial charge in [-0.1, -0.05) is 11.6 Å². The molecule has 0 heterocycles. The quantitative estimate of drug-likeness (QED) is 0.884. The second kappa shape index (κ2) is 5.61. The van der Waals surface area contributed by atoms with Gasteiger partial charge in [-0.2, -0.15) is 0 Å². The minimum absolute atomic E-state index is 0.0142. The summed E-state index contributed by atoms with van der Waals surface area (Å²) in [6.45, 7) is 3.68. The summed E-state index contributed by atoms with van der Waals surface area (Å²) in [5.41, 5.74) is 1.78. The molecule has 0 aromatic heterocycles.